The fraction of sp³-hybridized carbons (Fsp3) is 0.462. The quantitative estimate of drug-likeness (QED) is 0.645. The van der Waals surface area contributed by atoms with Gasteiger partial charge in [0, 0.05) is 18.7 Å². The number of benzene rings is 1. The molecule has 0 radical (unpaired) electrons. The standard InChI is InChI=1S/C13H19BrFN3/c1-4-5-8(2)18(3)10-7-6-9(13(16)17)11(14)12(10)15/h6-8H,4-5H2,1-3H3,(H3,16,17). The predicted molar refractivity (Wildman–Crippen MR) is 77.9 cm³/mol. The lowest BCUT2D eigenvalue weighted by molar-refractivity contribution is 0.579. The van der Waals surface area contributed by atoms with Gasteiger partial charge in [-0.15, -0.1) is 0 Å². The summed E-state index contributed by atoms with van der Waals surface area (Å²) in [6.45, 7) is 4.17. The Morgan fingerprint density at radius 1 is 1.56 bits per heavy atom. The van der Waals surface area contributed by atoms with E-state index in [2.05, 4.69) is 29.8 Å². The molecule has 1 aromatic rings. The smallest absolute Gasteiger partial charge is 0.161 e. The lowest BCUT2D eigenvalue weighted by atomic mass is 10.1. The third kappa shape index (κ3) is 3.02. The lowest BCUT2D eigenvalue weighted by Gasteiger charge is -2.27. The normalized spacial score (nSPS) is 12.3. The van der Waals surface area contributed by atoms with Gasteiger partial charge in [0.15, 0.2) is 5.82 Å². The molecular weight excluding hydrogens is 297 g/mol. The SMILES string of the molecule is CCCC(C)N(C)c1ccc(C(=N)N)c(Br)c1F. The van der Waals surface area contributed by atoms with E-state index in [4.69, 9.17) is 11.1 Å². The van der Waals surface area contributed by atoms with Crippen molar-refractivity contribution in [2.24, 2.45) is 5.73 Å². The van der Waals surface area contributed by atoms with E-state index < -0.39 is 0 Å². The number of anilines is 1. The molecule has 0 spiro atoms. The molecule has 0 bridgehead atoms. The molecule has 0 aliphatic heterocycles. The molecule has 0 amide bonds. The Morgan fingerprint density at radius 3 is 2.67 bits per heavy atom. The summed E-state index contributed by atoms with van der Waals surface area (Å²) in [6.07, 6.45) is 2.06. The van der Waals surface area contributed by atoms with Crippen LogP contribution in [0.25, 0.3) is 0 Å². The van der Waals surface area contributed by atoms with Crippen LogP contribution < -0.4 is 10.6 Å². The second kappa shape index (κ2) is 6.18. The minimum atomic E-state index is -0.367. The molecule has 0 heterocycles. The zero-order valence-corrected chi connectivity index (χ0v) is 12.5. The summed E-state index contributed by atoms with van der Waals surface area (Å²) in [4.78, 5) is 1.91. The van der Waals surface area contributed by atoms with Crippen molar-refractivity contribution in [1.82, 2.24) is 0 Å². The zero-order chi connectivity index (χ0) is 13.9. The first-order chi connectivity index (χ1) is 8.40. The van der Waals surface area contributed by atoms with Crippen molar-refractivity contribution in [2.45, 2.75) is 32.7 Å². The van der Waals surface area contributed by atoms with Gasteiger partial charge < -0.3 is 10.6 Å². The van der Waals surface area contributed by atoms with Gasteiger partial charge in [-0.2, -0.15) is 0 Å². The molecule has 3 nitrogen and oxygen atoms in total. The number of hydrogen-bond donors (Lipinski definition) is 2. The van der Waals surface area contributed by atoms with Crippen molar-refractivity contribution < 1.29 is 4.39 Å². The summed E-state index contributed by atoms with van der Waals surface area (Å²) in [5.74, 6) is -0.510. The molecule has 0 aliphatic rings. The maximum Gasteiger partial charge on any atom is 0.161 e. The van der Waals surface area contributed by atoms with Crippen molar-refractivity contribution in [3.63, 3.8) is 0 Å². The van der Waals surface area contributed by atoms with Crippen LogP contribution in [0.15, 0.2) is 16.6 Å². The van der Waals surface area contributed by atoms with E-state index in [1.54, 1.807) is 12.1 Å². The van der Waals surface area contributed by atoms with E-state index in [1.807, 2.05) is 11.9 Å². The number of nitrogens with one attached hydrogen (secondary N) is 1. The Bertz CT molecular complexity index is 448. The van der Waals surface area contributed by atoms with Gasteiger partial charge >= 0.3 is 0 Å². The molecule has 18 heavy (non-hydrogen) atoms. The summed E-state index contributed by atoms with van der Waals surface area (Å²) in [5.41, 5.74) is 6.29. The maximum absolute atomic E-state index is 14.2. The predicted octanol–water partition coefficient (Wildman–Crippen LogP) is 3.50. The number of nitrogens with zero attached hydrogens (tertiary/aromatic N) is 1. The molecule has 0 aromatic heterocycles. The Kier molecular flexibility index (Phi) is 5.14. The van der Waals surface area contributed by atoms with Crippen LogP contribution in [0, 0.1) is 11.2 Å². The molecule has 1 rings (SSSR count). The summed E-state index contributed by atoms with van der Waals surface area (Å²) in [7, 11) is 1.87. The average molecular weight is 316 g/mol. The number of nitrogen functional groups attached to an aromatic ring is 1. The number of nitrogens with two attached hydrogens (primary N) is 1. The summed E-state index contributed by atoms with van der Waals surface area (Å²) in [6, 6.07) is 3.60. The third-order valence-electron chi connectivity index (χ3n) is 3.10. The zero-order valence-electron chi connectivity index (χ0n) is 10.9. The van der Waals surface area contributed by atoms with Crippen LogP contribution in [0.1, 0.15) is 32.3 Å². The van der Waals surface area contributed by atoms with Crippen LogP contribution >= 0.6 is 15.9 Å². The van der Waals surface area contributed by atoms with Crippen molar-refractivity contribution in [1.29, 1.82) is 5.41 Å². The van der Waals surface area contributed by atoms with Gasteiger partial charge in [0.25, 0.3) is 0 Å². The molecule has 1 atom stereocenters. The van der Waals surface area contributed by atoms with Gasteiger partial charge in [-0.3, -0.25) is 5.41 Å². The number of halogens is 2. The second-order valence-corrected chi connectivity index (χ2v) is 5.22. The molecule has 1 aromatic carbocycles. The van der Waals surface area contributed by atoms with Crippen LogP contribution in [-0.4, -0.2) is 18.9 Å². The van der Waals surface area contributed by atoms with Crippen molar-refractivity contribution in [3.8, 4) is 0 Å². The minimum Gasteiger partial charge on any atom is -0.384 e. The molecule has 0 aliphatic carbocycles. The number of amidine groups is 1. The van der Waals surface area contributed by atoms with E-state index in [1.165, 1.54) is 0 Å². The molecule has 100 valence electrons. The molecule has 0 fully saturated rings. The first-order valence-corrected chi connectivity index (χ1v) is 6.74. The van der Waals surface area contributed by atoms with E-state index in [0.717, 1.165) is 12.8 Å². The topological polar surface area (TPSA) is 53.1 Å². The summed E-state index contributed by atoms with van der Waals surface area (Å²) in [5, 5.41) is 7.37. The van der Waals surface area contributed by atoms with E-state index in [-0.39, 0.29) is 22.2 Å². The molecule has 3 N–H and O–H groups in total. The van der Waals surface area contributed by atoms with Crippen LogP contribution in [0.3, 0.4) is 0 Å². The fourth-order valence-corrected chi connectivity index (χ4v) is 2.42. The highest BCUT2D eigenvalue weighted by Crippen LogP contribution is 2.30. The highest BCUT2D eigenvalue weighted by atomic mass is 79.9. The van der Waals surface area contributed by atoms with Gasteiger partial charge in [-0.1, -0.05) is 13.3 Å². The first kappa shape index (κ1) is 15.0. The highest BCUT2D eigenvalue weighted by molar-refractivity contribution is 9.10. The minimum absolute atomic E-state index is 0.142. The van der Waals surface area contributed by atoms with Gasteiger partial charge in [-0.05, 0) is 41.4 Å². The Hall–Kier alpha value is -1.10. The first-order valence-electron chi connectivity index (χ1n) is 5.95. The van der Waals surface area contributed by atoms with E-state index in [0.29, 0.717) is 11.3 Å². The van der Waals surface area contributed by atoms with Crippen LogP contribution in [0.5, 0.6) is 0 Å². The third-order valence-corrected chi connectivity index (χ3v) is 3.87. The lowest BCUT2D eigenvalue weighted by Crippen LogP contribution is -2.29. The highest BCUT2D eigenvalue weighted by Gasteiger charge is 2.18. The number of hydrogen-bond acceptors (Lipinski definition) is 2. The Morgan fingerprint density at radius 2 is 2.17 bits per heavy atom. The summed E-state index contributed by atoms with van der Waals surface area (Å²) < 4.78 is 14.5. The van der Waals surface area contributed by atoms with Crippen molar-refractivity contribution in [3.05, 3.63) is 28.0 Å². The van der Waals surface area contributed by atoms with Crippen LogP contribution in [0.4, 0.5) is 10.1 Å². The molecular formula is C13H19BrFN3. The van der Waals surface area contributed by atoms with Gasteiger partial charge in [0.05, 0.1) is 10.2 Å². The monoisotopic (exact) mass is 315 g/mol. The van der Waals surface area contributed by atoms with Gasteiger partial charge in [0.1, 0.15) is 5.84 Å². The largest absolute Gasteiger partial charge is 0.384 e. The molecule has 0 saturated heterocycles. The maximum atomic E-state index is 14.2. The second-order valence-electron chi connectivity index (χ2n) is 4.42. The van der Waals surface area contributed by atoms with E-state index in [9.17, 15) is 4.39 Å². The Labute approximate surface area is 116 Å². The molecule has 5 heteroatoms. The summed E-state index contributed by atoms with van der Waals surface area (Å²) >= 11 is 3.17. The van der Waals surface area contributed by atoms with Crippen molar-refractivity contribution in [2.75, 3.05) is 11.9 Å². The van der Waals surface area contributed by atoms with Crippen LogP contribution in [-0.2, 0) is 0 Å². The van der Waals surface area contributed by atoms with E-state index >= 15 is 0 Å². The number of rotatable bonds is 5. The molecule has 0 saturated carbocycles. The van der Waals surface area contributed by atoms with Gasteiger partial charge in [-0.25, -0.2) is 4.39 Å². The Balaban J connectivity index is 3.12. The van der Waals surface area contributed by atoms with Crippen LogP contribution in [0.2, 0.25) is 0 Å². The molecule has 1 unspecified atom stereocenters. The van der Waals surface area contributed by atoms with Crippen molar-refractivity contribution >= 4 is 27.5 Å². The fourth-order valence-electron chi connectivity index (χ4n) is 1.87. The van der Waals surface area contributed by atoms with Gasteiger partial charge in [0.2, 0.25) is 0 Å². The average Bonchev–Trinajstić information content (AvgIpc) is 2.31.